The first-order chi connectivity index (χ1) is 8.13. The van der Waals surface area contributed by atoms with Crippen molar-refractivity contribution >= 4 is 28.9 Å². The lowest BCUT2D eigenvalue weighted by atomic mass is 9.95. The quantitative estimate of drug-likeness (QED) is 0.916. The van der Waals surface area contributed by atoms with Crippen LogP contribution >= 0.6 is 22.9 Å². The molecule has 0 amide bonds. The predicted octanol–water partition coefficient (Wildman–Crippen LogP) is 3.09. The first-order valence-corrected chi connectivity index (χ1v) is 7.06. The maximum atomic E-state index is 10.7. The molecule has 0 aromatic carbocycles. The summed E-state index contributed by atoms with van der Waals surface area (Å²) in [6, 6.07) is 1.99. The fourth-order valence-electron chi connectivity index (χ4n) is 2.37. The molecule has 94 valence electrons. The summed E-state index contributed by atoms with van der Waals surface area (Å²) in [5.41, 5.74) is 0. The van der Waals surface area contributed by atoms with Gasteiger partial charge in [0, 0.05) is 29.8 Å². The van der Waals surface area contributed by atoms with Gasteiger partial charge in [-0.05, 0) is 31.4 Å². The molecule has 0 saturated carbocycles. The summed E-state index contributed by atoms with van der Waals surface area (Å²) in [4.78, 5) is 14.3. The van der Waals surface area contributed by atoms with E-state index in [2.05, 4.69) is 4.90 Å². The second-order valence-electron chi connectivity index (χ2n) is 4.57. The van der Waals surface area contributed by atoms with Gasteiger partial charge in [0.05, 0.1) is 5.02 Å². The SMILES string of the molecule is O=C(O)CC1CCCN(Cc2cc(Cl)cs2)C1. The van der Waals surface area contributed by atoms with Crippen LogP contribution in [0.3, 0.4) is 0 Å². The van der Waals surface area contributed by atoms with Crippen LogP contribution in [0.4, 0.5) is 0 Å². The van der Waals surface area contributed by atoms with Crippen LogP contribution in [0.15, 0.2) is 11.4 Å². The van der Waals surface area contributed by atoms with Crippen molar-refractivity contribution in [1.82, 2.24) is 4.90 Å². The third-order valence-corrected chi connectivity index (χ3v) is 4.34. The van der Waals surface area contributed by atoms with Gasteiger partial charge in [-0.25, -0.2) is 0 Å². The molecular weight excluding hydrogens is 258 g/mol. The van der Waals surface area contributed by atoms with Gasteiger partial charge in [0.2, 0.25) is 0 Å². The van der Waals surface area contributed by atoms with E-state index < -0.39 is 5.97 Å². The van der Waals surface area contributed by atoms with E-state index in [1.807, 2.05) is 11.4 Å². The Balaban J connectivity index is 1.87. The monoisotopic (exact) mass is 273 g/mol. The van der Waals surface area contributed by atoms with Crippen LogP contribution in [0.25, 0.3) is 0 Å². The van der Waals surface area contributed by atoms with E-state index in [9.17, 15) is 4.79 Å². The Labute approximate surface area is 110 Å². The van der Waals surface area contributed by atoms with Crippen molar-refractivity contribution in [1.29, 1.82) is 0 Å². The number of carboxylic acid groups (broad SMARTS) is 1. The largest absolute Gasteiger partial charge is 0.481 e. The van der Waals surface area contributed by atoms with Crippen LogP contribution in [-0.4, -0.2) is 29.1 Å². The lowest BCUT2D eigenvalue weighted by Gasteiger charge is -2.31. The molecule has 0 aliphatic carbocycles. The number of carboxylic acids is 1. The molecule has 3 nitrogen and oxygen atoms in total. The highest BCUT2D eigenvalue weighted by molar-refractivity contribution is 7.10. The van der Waals surface area contributed by atoms with Crippen molar-refractivity contribution in [2.24, 2.45) is 5.92 Å². The lowest BCUT2D eigenvalue weighted by Crippen LogP contribution is -2.35. The molecule has 1 unspecified atom stereocenters. The summed E-state index contributed by atoms with van der Waals surface area (Å²) >= 11 is 7.56. The molecule has 1 aromatic rings. The Morgan fingerprint density at radius 1 is 1.65 bits per heavy atom. The minimum Gasteiger partial charge on any atom is -0.481 e. The molecule has 2 rings (SSSR count). The predicted molar refractivity (Wildman–Crippen MR) is 69.6 cm³/mol. The normalized spacial score (nSPS) is 21.6. The Kier molecular flexibility index (Phi) is 4.42. The molecule has 1 saturated heterocycles. The summed E-state index contributed by atoms with van der Waals surface area (Å²) in [6.45, 7) is 2.85. The molecule has 5 heteroatoms. The van der Waals surface area contributed by atoms with E-state index in [1.54, 1.807) is 11.3 Å². The van der Waals surface area contributed by atoms with Gasteiger partial charge in [0.1, 0.15) is 0 Å². The Hall–Kier alpha value is -0.580. The van der Waals surface area contributed by atoms with Crippen LogP contribution in [0.1, 0.15) is 24.1 Å². The number of hydrogen-bond acceptors (Lipinski definition) is 3. The summed E-state index contributed by atoms with van der Waals surface area (Å²) in [6.07, 6.45) is 2.42. The van der Waals surface area contributed by atoms with E-state index in [0.717, 1.165) is 37.5 Å². The number of aliphatic carboxylic acids is 1. The topological polar surface area (TPSA) is 40.5 Å². The highest BCUT2D eigenvalue weighted by Gasteiger charge is 2.22. The maximum absolute atomic E-state index is 10.7. The fraction of sp³-hybridized carbons (Fsp3) is 0.583. The summed E-state index contributed by atoms with van der Waals surface area (Å²) in [5.74, 6) is -0.382. The first kappa shape index (κ1) is 12.9. The number of halogens is 1. The molecule has 2 heterocycles. The Bertz CT molecular complexity index is 394. The molecule has 1 fully saturated rings. The number of likely N-dealkylation sites (tertiary alicyclic amines) is 1. The number of nitrogens with zero attached hydrogens (tertiary/aromatic N) is 1. The van der Waals surface area contributed by atoms with Crippen LogP contribution in [0, 0.1) is 5.92 Å². The molecule has 1 N–H and O–H groups in total. The summed E-state index contributed by atoms with van der Waals surface area (Å²) in [7, 11) is 0. The smallest absolute Gasteiger partial charge is 0.303 e. The second-order valence-corrected chi connectivity index (χ2v) is 6.00. The van der Waals surface area contributed by atoms with Crippen molar-refractivity contribution in [2.45, 2.75) is 25.8 Å². The molecular formula is C12H16ClNO2S. The number of carbonyl (C=O) groups is 1. The van der Waals surface area contributed by atoms with Crippen LogP contribution < -0.4 is 0 Å². The highest BCUT2D eigenvalue weighted by Crippen LogP contribution is 2.24. The number of thiophene rings is 1. The van der Waals surface area contributed by atoms with Gasteiger partial charge in [0.25, 0.3) is 0 Å². The van der Waals surface area contributed by atoms with Crippen LogP contribution in [0.2, 0.25) is 5.02 Å². The molecule has 0 spiro atoms. The van der Waals surface area contributed by atoms with Crippen molar-refractivity contribution in [3.8, 4) is 0 Å². The average molecular weight is 274 g/mol. The van der Waals surface area contributed by atoms with Gasteiger partial charge < -0.3 is 5.11 Å². The highest BCUT2D eigenvalue weighted by atomic mass is 35.5. The molecule has 1 aliphatic heterocycles. The van der Waals surface area contributed by atoms with E-state index in [1.165, 1.54) is 4.88 Å². The zero-order chi connectivity index (χ0) is 12.3. The standard InChI is InChI=1S/C12H16ClNO2S/c13-10-5-11(17-8-10)7-14-3-1-2-9(6-14)4-12(15)16/h5,8-9H,1-4,6-7H2,(H,15,16). The molecule has 1 atom stereocenters. The van der Waals surface area contributed by atoms with Gasteiger partial charge in [-0.15, -0.1) is 11.3 Å². The van der Waals surface area contributed by atoms with Crippen LogP contribution in [0.5, 0.6) is 0 Å². The zero-order valence-electron chi connectivity index (χ0n) is 9.56. The van der Waals surface area contributed by atoms with E-state index in [-0.39, 0.29) is 0 Å². The van der Waals surface area contributed by atoms with E-state index in [4.69, 9.17) is 16.7 Å². The first-order valence-electron chi connectivity index (χ1n) is 5.80. The summed E-state index contributed by atoms with van der Waals surface area (Å²) < 4.78 is 0. The third kappa shape index (κ3) is 3.98. The lowest BCUT2D eigenvalue weighted by molar-refractivity contribution is -0.138. The minimum atomic E-state index is -0.684. The van der Waals surface area contributed by atoms with Gasteiger partial charge in [0.15, 0.2) is 0 Å². The minimum absolute atomic E-state index is 0.293. The Morgan fingerprint density at radius 3 is 3.12 bits per heavy atom. The number of hydrogen-bond donors (Lipinski definition) is 1. The van der Waals surface area contributed by atoms with Crippen molar-refractivity contribution in [2.75, 3.05) is 13.1 Å². The van der Waals surface area contributed by atoms with E-state index >= 15 is 0 Å². The molecule has 0 bridgehead atoms. The van der Waals surface area contributed by atoms with E-state index in [0.29, 0.717) is 12.3 Å². The number of rotatable bonds is 4. The number of piperidine rings is 1. The van der Waals surface area contributed by atoms with Gasteiger partial charge >= 0.3 is 5.97 Å². The second kappa shape index (κ2) is 5.85. The fourth-order valence-corrected chi connectivity index (χ4v) is 3.48. The van der Waals surface area contributed by atoms with Gasteiger partial charge in [-0.3, -0.25) is 9.69 Å². The average Bonchev–Trinajstić information content (AvgIpc) is 2.63. The maximum Gasteiger partial charge on any atom is 0.303 e. The van der Waals surface area contributed by atoms with Gasteiger partial charge in [-0.1, -0.05) is 11.6 Å². The molecule has 17 heavy (non-hydrogen) atoms. The Morgan fingerprint density at radius 2 is 2.47 bits per heavy atom. The van der Waals surface area contributed by atoms with Crippen molar-refractivity contribution in [3.05, 3.63) is 21.3 Å². The molecule has 1 aromatic heterocycles. The van der Waals surface area contributed by atoms with Crippen LogP contribution in [-0.2, 0) is 11.3 Å². The van der Waals surface area contributed by atoms with Crippen molar-refractivity contribution in [3.63, 3.8) is 0 Å². The molecule has 1 aliphatic rings. The zero-order valence-corrected chi connectivity index (χ0v) is 11.1. The van der Waals surface area contributed by atoms with Gasteiger partial charge in [-0.2, -0.15) is 0 Å². The summed E-state index contributed by atoms with van der Waals surface area (Å²) in [5, 5.41) is 11.5. The third-order valence-electron chi connectivity index (χ3n) is 3.07. The molecule has 0 radical (unpaired) electrons. The van der Waals surface area contributed by atoms with Crippen molar-refractivity contribution < 1.29 is 9.90 Å².